The molecule has 0 bridgehead atoms. The summed E-state index contributed by atoms with van der Waals surface area (Å²) in [5.74, 6) is 0.139. The Hall–Kier alpha value is -1.53. The molecular formula is C12H13ClN4OS. The molecule has 0 aromatic carbocycles. The van der Waals surface area contributed by atoms with E-state index in [-0.39, 0.29) is 11.3 Å². The van der Waals surface area contributed by atoms with Crippen molar-refractivity contribution >= 4 is 34.9 Å². The lowest BCUT2D eigenvalue weighted by Gasteiger charge is -2.16. The second-order valence-electron chi connectivity index (χ2n) is 5.01. The van der Waals surface area contributed by atoms with Crippen molar-refractivity contribution < 1.29 is 4.79 Å². The van der Waals surface area contributed by atoms with Crippen molar-refractivity contribution in [3.8, 4) is 0 Å². The fourth-order valence-electron chi connectivity index (χ4n) is 1.48. The van der Waals surface area contributed by atoms with Crippen LogP contribution >= 0.6 is 23.1 Å². The standard InChI is InChI=1S/C12H13ClN4OS/c1-12(2,3)10-9(19-17-16-10)11(18)15-8-6-7(13)4-5-14-8/h4-6H,1-3H3,(H,14,15,18). The maximum atomic E-state index is 12.2. The predicted octanol–water partition coefficient (Wildman–Crippen LogP) is 3.14. The molecule has 2 aromatic heterocycles. The van der Waals surface area contributed by atoms with Crippen LogP contribution in [0.4, 0.5) is 5.82 Å². The third kappa shape index (κ3) is 3.27. The Morgan fingerprint density at radius 2 is 2.16 bits per heavy atom. The van der Waals surface area contributed by atoms with E-state index in [2.05, 4.69) is 19.9 Å². The first kappa shape index (κ1) is 13.9. The van der Waals surface area contributed by atoms with Crippen LogP contribution in [0.15, 0.2) is 18.3 Å². The Morgan fingerprint density at radius 3 is 2.79 bits per heavy atom. The summed E-state index contributed by atoms with van der Waals surface area (Å²) < 4.78 is 3.85. The fourth-order valence-corrected chi connectivity index (χ4v) is 2.41. The van der Waals surface area contributed by atoms with Crippen LogP contribution in [0.25, 0.3) is 0 Å². The number of pyridine rings is 1. The van der Waals surface area contributed by atoms with E-state index in [0.717, 1.165) is 11.5 Å². The van der Waals surface area contributed by atoms with Crippen LogP contribution in [0.1, 0.15) is 36.1 Å². The Balaban J connectivity index is 2.24. The highest BCUT2D eigenvalue weighted by Crippen LogP contribution is 2.26. The van der Waals surface area contributed by atoms with Crippen LogP contribution in [0.3, 0.4) is 0 Å². The van der Waals surface area contributed by atoms with E-state index in [1.807, 2.05) is 20.8 Å². The summed E-state index contributed by atoms with van der Waals surface area (Å²) in [5.41, 5.74) is 0.443. The molecule has 19 heavy (non-hydrogen) atoms. The van der Waals surface area contributed by atoms with E-state index in [9.17, 15) is 4.79 Å². The Morgan fingerprint density at radius 1 is 1.42 bits per heavy atom. The number of hydrogen-bond acceptors (Lipinski definition) is 5. The highest BCUT2D eigenvalue weighted by Gasteiger charge is 2.26. The van der Waals surface area contributed by atoms with Gasteiger partial charge in [0, 0.05) is 16.6 Å². The van der Waals surface area contributed by atoms with Crippen molar-refractivity contribution in [2.45, 2.75) is 26.2 Å². The van der Waals surface area contributed by atoms with E-state index < -0.39 is 0 Å². The molecule has 0 atom stereocenters. The molecule has 0 aliphatic rings. The molecule has 0 unspecified atom stereocenters. The summed E-state index contributed by atoms with van der Waals surface area (Å²) in [6.45, 7) is 5.95. The number of anilines is 1. The van der Waals surface area contributed by atoms with E-state index in [1.165, 1.54) is 6.20 Å². The highest BCUT2D eigenvalue weighted by atomic mass is 35.5. The number of nitrogens with one attached hydrogen (secondary N) is 1. The van der Waals surface area contributed by atoms with Gasteiger partial charge in [-0.15, -0.1) is 5.10 Å². The predicted molar refractivity (Wildman–Crippen MR) is 75.8 cm³/mol. The van der Waals surface area contributed by atoms with E-state index in [1.54, 1.807) is 12.1 Å². The maximum absolute atomic E-state index is 12.2. The molecule has 100 valence electrons. The zero-order valence-electron chi connectivity index (χ0n) is 10.8. The van der Waals surface area contributed by atoms with Gasteiger partial charge in [-0.3, -0.25) is 4.79 Å². The van der Waals surface area contributed by atoms with Crippen molar-refractivity contribution in [1.82, 2.24) is 14.6 Å². The van der Waals surface area contributed by atoms with Gasteiger partial charge in [0.2, 0.25) is 0 Å². The molecule has 0 fully saturated rings. The quantitative estimate of drug-likeness (QED) is 0.924. The largest absolute Gasteiger partial charge is 0.306 e. The van der Waals surface area contributed by atoms with Gasteiger partial charge in [0.05, 0.1) is 5.69 Å². The van der Waals surface area contributed by atoms with E-state index in [4.69, 9.17) is 11.6 Å². The summed E-state index contributed by atoms with van der Waals surface area (Å²) >= 11 is 6.92. The van der Waals surface area contributed by atoms with Gasteiger partial charge in [-0.05, 0) is 23.7 Å². The molecule has 0 spiro atoms. The zero-order chi connectivity index (χ0) is 14.0. The number of hydrogen-bond donors (Lipinski definition) is 1. The van der Waals surface area contributed by atoms with Crippen LogP contribution in [0.5, 0.6) is 0 Å². The summed E-state index contributed by atoms with van der Waals surface area (Å²) in [4.78, 5) is 16.7. The van der Waals surface area contributed by atoms with Crippen LogP contribution in [0, 0.1) is 0 Å². The van der Waals surface area contributed by atoms with Gasteiger partial charge < -0.3 is 5.32 Å². The van der Waals surface area contributed by atoms with Crippen molar-refractivity contribution in [3.05, 3.63) is 33.9 Å². The minimum Gasteiger partial charge on any atom is -0.306 e. The van der Waals surface area contributed by atoms with Crippen LogP contribution in [0.2, 0.25) is 5.02 Å². The lowest BCUT2D eigenvalue weighted by Crippen LogP contribution is -2.20. The highest BCUT2D eigenvalue weighted by molar-refractivity contribution is 7.08. The second kappa shape index (κ2) is 5.22. The third-order valence-electron chi connectivity index (χ3n) is 2.37. The minimum atomic E-state index is -0.269. The van der Waals surface area contributed by atoms with Gasteiger partial charge in [0.1, 0.15) is 10.7 Å². The van der Waals surface area contributed by atoms with Gasteiger partial charge in [0.15, 0.2) is 0 Å². The molecule has 2 rings (SSSR count). The molecule has 2 aromatic rings. The van der Waals surface area contributed by atoms with E-state index >= 15 is 0 Å². The van der Waals surface area contributed by atoms with Gasteiger partial charge in [-0.25, -0.2) is 4.98 Å². The maximum Gasteiger partial charge on any atom is 0.270 e. The number of carbonyl (C=O) groups is 1. The number of nitrogens with zero attached hydrogens (tertiary/aromatic N) is 3. The van der Waals surface area contributed by atoms with Gasteiger partial charge >= 0.3 is 0 Å². The average Bonchev–Trinajstić information content (AvgIpc) is 2.77. The van der Waals surface area contributed by atoms with Gasteiger partial charge in [-0.1, -0.05) is 36.9 Å². The lowest BCUT2D eigenvalue weighted by atomic mass is 9.91. The fraction of sp³-hybridized carbons (Fsp3) is 0.333. The molecule has 0 saturated heterocycles. The number of carbonyl (C=O) groups excluding carboxylic acids is 1. The van der Waals surface area contributed by atoms with Crippen molar-refractivity contribution in [2.75, 3.05) is 5.32 Å². The van der Waals surface area contributed by atoms with Crippen LogP contribution in [-0.4, -0.2) is 20.5 Å². The van der Waals surface area contributed by atoms with Crippen molar-refractivity contribution in [1.29, 1.82) is 0 Å². The van der Waals surface area contributed by atoms with Crippen LogP contribution in [-0.2, 0) is 5.41 Å². The molecule has 7 heteroatoms. The van der Waals surface area contributed by atoms with E-state index in [0.29, 0.717) is 21.4 Å². The number of rotatable bonds is 2. The summed E-state index contributed by atoms with van der Waals surface area (Å²) in [5, 5.41) is 7.24. The number of halogens is 1. The molecule has 5 nitrogen and oxygen atoms in total. The van der Waals surface area contributed by atoms with Crippen LogP contribution < -0.4 is 5.32 Å². The molecule has 2 heterocycles. The lowest BCUT2D eigenvalue weighted by molar-refractivity contribution is 0.102. The number of amides is 1. The Labute approximate surface area is 120 Å². The molecule has 0 aliphatic carbocycles. The molecule has 1 N–H and O–H groups in total. The minimum absolute atomic E-state index is 0.235. The average molecular weight is 297 g/mol. The Bertz CT molecular complexity index is 606. The first-order valence-electron chi connectivity index (χ1n) is 5.63. The van der Waals surface area contributed by atoms with Crippen molar-refractivity contribution in [3.63, 3.8) is 0 Å². The third-order valence-corrected chi connectivity index (χ3v) is 3.33. The monoisotopic (exact) mass is 296 g/mol. The molecule has 0 aliphatic heterocycles. The first-order chi connectivity index (χ1) is 8.88. The topological polar surface area (TPSA) is 67.8 Å². The SMILES string of the molecule is CC(C)(C)c1nnsc1C(=O)Nc1cc(Cl)ccn1. The molecular weight excluding hydrogens is 284 g/mol. The smallest absolute Gasteiger partial charge is 0.270 e. The van der Waals surface area contributed by atoms with Crippen molar-refractivity contribution in [2.24, 2.45) is 0 Å². The van der Waals surface area contributed by atoms with Gasteiger partial charge in [-0.2, -0.15) is 0 Å². The summed E-state index contributed by atoms with van der Waals surface area (Å²) in [6, 6.07) is 3.23. The number of aromatic nitrogens is 3. The zero-order valence-corrected chi connectivity index (χ0v) is 12.3. The molecule has 0 saturated carbocycles. The van der Waals surface area contributed by atoms with Gasteiger partial charge in [0.25, 0.3) is 5.91 Å². The first-order valence-corrected chi connectivity index (χ1v) is 6.79. The summed E-state index contributed by atoms with van der Waals surface area (Å²) in [6.07, 6.45) is 1.54. The summed E-state index contributed by atoms with van der Waals surface area (Å²) in [7, 11) is 0. The molecule has 0 radical (unpaired) electrons. The second-order valence-corrected chi connectivity index (χ2v) is 6.20. The Kier molecular flexibility index (Phi) is 3.82. The molecule has 1 amide bonds. The normalized spacial score (nSPS) is 11.4.